The molecule has 0 aliphatic rings. The van der Waals surface area contributed by atoms with Gasteiger partial charge in [-0.3, -0.25) is 13.8 Å². The summed E-state index contributed by atoms with van der Waals surface area (Å²) in [5, 5.41) is 18.5. The van der Waals surface area contributed by atoms with E-state index in [2.05, 4.69) is 16.3 Å². The number of benzene rings is 2. The summed E-state index contributed by atoms with van der Waals surface area (Å²) in [4.78, 5) is 13.1. The molecule has 0 radical (unpaired) electrons. The van der Waals surface area contributed by atoms with Gasteiger partial charge in [-0.1, -0.05) is 53.7 Å². The van der Waals surface area contributed by atoms with Crippen LogP contribution in [0.2, 0.25) is 0 Å². The molecule has 128 valence electrons. The van der Waals surface area contributed by atoms with Crippen LogP contribution in [0.3, 0.4) is 0 Å². The Hall–Kier alpha value is -3.11. The predicted octanol–water partition coefficient (Wildman–Crippen LogP) is 3.02. The lowest BCUT2D eigenvalue weighted by Gasteiger charge is -2.11. The average Bonchev–Trinajstić information content (AvgIpc) is 3.09. The first-order valence-electron chi connectivity index (χ1n) is 8.11. The molecule has 0 aliphatic carbocycles. The summed E-state index contributed by atoms with van der Waals surface area (Å²) in [5.74, 6) is 0.751. The lowest BCUT2D eigenvalue weighted by atomic mass is 10.1. The Kier molecular flexibility index (Phi) is 4.19. The summed E-state index contributed by atoms with van der Waals surface area (Å²) in [7, 11) is 0. The maximum absolute atomic E-state index is 13.1. The molecule has 0 aliphatic heterocycles. The second-order valence-electron chi connectivity index (χ2n) is 5.96. The standard InChI is InChI=1S/C19H15N5OS/c1-13-6-8-14(9-7-13)12-23-17(25)15-4-2-3-5-16(15)24-18(23)21-22-19(24)26-11-10-20/h2-9H,11-12H2,1H3. The summed E-state index contributed by atoms with van der Waals surface area (Å²) in [6, 6.07) is 17.6. The molecule has 4 rings (SSSR count). The van der Waals surface area contributed by atoms with E-state index in [1.165, 1.54) is 17.3 Å². The van der Waals surface area contributed by atoms with Crippen LogP contribution < -0.4 is 5.56 Å². The average molecular weight is 361 g/mol. The van der Waals surface area contributed by atoms with Crippen molar-refractivity contribution in [3.05, 3.63) is 70.0 Å². The summed E-state index contributed by atoms with van der Waals surface area (Å²) in [5.41, 5.74) is 2.84. The zero-order chi connectivity index (χ0) is 18.1. The first kappa shape index (κ1) is 16.4. The third kappa shape index (κ3) is 2.74. The summed E-state index contributed by atoms with van der Waals surface area (Å²) in [6.07, 6.45) is 0. The fourth-order valence-electron chi connectivity index (χ4n) is 2.94. The van der Waals surface area contributed by atoms with Crippen molar-refractivity contribution in [3.8, 4) is 6.07 Å². The second kappa shape index (κ2) is 6.65. The first-order chi connectivity index (χ1) is 12.7. The number of aromatic nitrogens is 4. The molecule has 0 atom stereocenters. The Morgan fingerprint density at radius 1 is 1.12 bits per heavy atom. The van der Waals surface area contributed by atoms with Gasteiger partial charge in [0.2, 0.25) is 5.78 Å². The quantitative estimate of drug-likeness (QED) is 0.522. The van der Waals surface area contributed by atoms with Gasteiger partial charge in [0.1, 0.15) is 0 Å². The van der Waals surface area contributed by atoms with Gasteiger partial charge < -0.3 is 0 Å². The molecule has 2 aromatic heterocycles. The zero-order valence-corrected chi connectivity index (χ0v) is 14.9. The minimum absolute atomic E-state index is 0.0992. The highest BCUT2D eigenvalue weighted by atomic mass is 32.2. The highest BCUT2D eigenvalue weighted by Crippen LogP contribution is 2.21. The Labute approximate surface area is 153 Å². The number of fused-ring (bicyclic) bond motifs is 3. The van der Waals surface area contributed by atoms with Gasteiger partial charge in [0.15, 0.2) is 5.16 Å². The molecule has 0 unspecified atom stereocenters. The maximum atomic E-state index is 13.1. The molecule has 0 N–H and O–H groups in total. The van der Waals surface area contributed by atoms with Gasteiger partial charge >= 0.3 is 0 Å². The van der Waals surface area contributed by atoms with E-state index >= 15 is 0 Å². The van der Waals surface area contributed by atoms with Crippen LogP contribution in [0, 0.1) is 18.3 Å². The summed E-state index contributed by atoms with van der Waals surface area (Å²) in [6.45, 7) is 2.44. The predicted molar refractivity (Wildman–Crippen MR) is 101 cm³/mol. The molecule has 2 heterocycles. The molecule has 0 saturated carbocycles. The van der Waals surface area contributed by atoms with Gasteiger partial charge in [-0.2, -0.15) is 5.26 Å². The van der Waals surface area contributed by atoms with Crippen LogP contribution in [-0.2, 0) is 6.54 Å². The van der Waals surface area contributed by atoms with E-state index in [4.69, 9.17) is 5.26 Å². The van der Waals surface area contributed by atoms with Crippen LogP contribution in [0.5, 0.6) is 0 Å². The van der Waals surface area contributed by atoms with Crippen molar-refractivity contribution in [2.45, 2.75) is 18.6 Å². The fraction of sp³-hybridized carbons (Fsp3) is 0.158. The van der Waals surface area contributed by atoms with Crippen molar-refractivity contribution in [3.63, 3.8) is 0 Å². The number of hydrogen-bond donors (Lipinski definition) is 0. The van der Waals surface area contributed by atoms with Gasteiger partial charge in [0.05, 0.1) is 29.3 Å². The number of thioether (sulfide) groups is 1. The number of para-hydroxylation sites is 1. The monoisotopic (exact) mass is 361 g/mol. The lowest BCUT2D eigenvalue weighted by Crippen LogP contribution is -2.24. The van der Waals surface area contributed by atoms with Crippen LogP contribution in [0.4, 0.5) is 0 Å². The molecule has 6 nitrogen and oxygen atoms in total. The number of hydrogen-bond acceptors (Lipinski definition) is 5. The SMILES string of the molecule is Cc1ccc(Cn2c(=O)c3ccccc3n3c(SCC#N)nnc23)cc1. The van der Waals surface area contributed by atoms with Gasteiger partial charge in [-0.25, -0.2) is 0 Å². The Morgan fingerprint density at radius 2 is 1.88 bits per heavy atom. The number of nitrogens with zero attached hydrogens (tertiary/aromatic N) is 5. The van der Waals surface area contributed by atoms with Gasteiger partial charge in [0.25, 0.3) is 5.56 Å². The molecule has 26 heavy (non-hydrogen) atoms. The Bertz CT molecular complexity index is 1200. The van der Waals surface area contributed by atoms with Gasteiger partial charge in [0, 0.05) is 0 Å². The van der Waals surface area contributed by atoms with Crippen LogP contribution >= 0.6 is 11.8 Å². The van der Waals surface area contributed by atoms with Gasteiger partial charge in [-0.05, 0) is 24.6 Å². The smallest absolute Gasteiger partial charge is 0.263 e. The van der Waals surface area contributed by atoms with E-state index in [0.717, 1.165) is 11.1 Å². The van der Waals surface area contributed by atoms with E-state index in [9.17, 15) is 4.79 Å². The highest BCUT2D eigenvalue weighted by molar-refractivity contribution is 7.99. The van der Waals surface area contributed by atoms with Crippen LogP contribution in [0.25, 0.3) is 16.7 Å². The molecule has 0 spiro atoms. The Morgan fingerprint density at radius 3 is 2.65 bits per heavy atom. The minimum Gasteiger partial charge on any atom is -0.272 e. The molecule has 7 heteroatoms. The van der Waals surface area contributed by atoms with Crippen LogP contribution in [0.1, 0.15) is 11.1 Å². The second-order valence-corrected chi connectivity index (χ2v) is 6.90. The van der Waals surface area contributed by atoms with E-state index in [1.54, 1.807) is 4.57 Å². The van der Waals surface area contributed by atoms with Crippen LogP contribution in [-0.4, -0.2) is 24.9 Å². The fourth-order valence-corrected chi connectivity index (χ4v) is 3.54. The minimum atomic E-state index is -0.0992. The molecule has 0 saturated heterocycles. The van der Waals surface area contributed by atoms with Crippen molar-refractivity contribution in [1.82, 2.24) is 19.2 Å². The van der Waals surface area contributed by atoms with Crippen molar-refractivity contribution < 1.29 is 0 Å². The highest BCUT2D eigenvalue weighted by Gasteiger charge is 2.16. The number of rotatable bonds is 4. The molecule has 0 bridgehead atoms. The van der Waals surface area contributed by atoms with Crippen molar-refractivity contribution >= 4 is 28.4 Å². The Balaban J connectivity index is 1.97. The third-order valence-corrected chi connectivity index (χ3v) is 5.00. The van der Waals surface area contributed by atoms with Crippen molar-refractivity contribution in [1.29, 1.82) is 5.26 Å². The largest absolute Gasteiger partial charge is 0.272 e. The molecule has 0 amide bonds. The normalized spacial score (nSPS) is 11.1. The molecular weight excluding hydrogens is 346 g/mol. The van der Waals surface area contributed by atoms with E-state index < -0.39 is 0 Å². The maximum Gasteiger partial charge on any atom is 0.263 e. The molecule has 0 fully saturated rings. The van der Waals surface area contributed by atoms with Crippen molar-refractivity contribution in [2.75, 3.05) is 5.75 Å². The molecular formula is C19H15N5OS. The first-order valence-corrected chi connectivity index (χ1v) is 9.09. The molecule has 2 aromatic carbocycles. The summed E-state index contributed by atoms with van der Waals surface area (Å²) < 4.78 is 3.49. The van der Waals surface area contributed by atoms with E-state index in [0.29, 0.717) is 22.9 Å². The van der Waals surface area contributed by atoms with E-state index in [-0.39, 0.29) is 11.3 Å². The van der Waals surface area contributed by atoms with Crippen LogP contribution in [0.15, 0.2) is 58.5 Å². The third-order valence-electron chi connectivity index (χ3n) is 4.21. The van der Waals surface area contributed by atoms with Gasteiger partial charge in [-0.15, -0.1) is 10.2 Å². The topological polar surface area (TPSA) is 76.0 Å². The summed E-state index contributed by atoms with van der Waals surface area (Å²) >= 11 is 1.31. The van der Waals surface area contributed by atoms with E-state index in [1.807, 2.05) is 59.9 Å². The zero-order valence-electron chi connectivity index (χ0n) is 14.1. The number of aryl methyl sites for hydroxylation is 1. The van der Waals surface area contributed by atoms with Crippen molar-refractivity contribution in [2.24, 2.45) is 0 Å². The number of nitriles is 1. The lowest BCUT2D eigenvalue weighted by molar-refractivity contribution is 0.764. The molecule has 4 aromatic rings.